The van der Waals surface area contributed by atoms with E-state index in [9.17, 15) is 9.18 Å². The Bertz CT molecular complexity index is 751. The van der Waals surface area contributed by atoms with Crippen molar-refractivity contribution in [3.63, 3.8) is 0 Å². The highest BCUT2D eigenvalue weighted by molar-refractivity contribution is 5.93. The van der Waals surface area contributed by atoms with Crippen molar-refractivity contribution in [2.45, 2.75) is 19.9 Å². The van der Waals surface area contributed by atoms with Gasteiger partial charge >= 0.3 is 0 Å². The summed E-state index contributed by atoms with van der Waals surface area (Å²) in [5, 5.41) is 4.23. The second-order valence-corrected chi connectivity index (χ2v) is 6.40. The smallest absolute Gasteiger partial charge is 0.257 e. The molecule has 134 valence electrons. The molecule has 2 heterocycles. The van der Waals surface area contributed by atoms with E-state index in [1.165, 1.54) is 13.2 Å². The number of benzene rings is 1. The van der Waals surface area contributed by atoms with Crippen molar-refractivity contribution in [2.24, 2.45) is 0 Å². The molecule has 1 aliphatic rings. The van der Waals surface area contributed by atoms with E-state index in [1.807, 2.05) is 18.7 Å². The third-order valence-electron chi connectivity index (χ3n) is 4.44. The highest BCUT2D eigenvalue weighted by Crippen LogP contribution is 2.25. The second-order valence-electron chi connectivity index (χ2n) is 6.40. The van der Waals surface area contributed by atoms with Crippen molar-refractivity contribution in [1.82, 2.24) is 14.7 Å². The Morgan fingerprint density at radius 3 is 2.56 bits per heavy atom. The molecule has 0 N–H and O–H groups in total. The van der Waals surface area contributed by atoms with Crippen molar-refractivity contribution in [1.29, 1.82) is 0 Å². The van der Waals surface area contributed by atoms with Crippen LogP contribution in [0.2, 0.25) is 0 Å². The van der Waals surface area contributed by atoms with Crippen molar-refractivity contribution >= 4 is 11.6 Å². The molecule has 0 aliphatic carbocycles. The SMILES string of the molecule is COc1cc(N2CCN(C(=O)c3cnn(C(C)C)c3)CC2)ccc1F. The number of halogens is 1. The molecule has 2 aromatic rings. The molecule has 1 fully saturated rings. The third-order valence-corrected chi connectivity index (χ3v) is 4.44. The molecule has 7 heteroatoms. The highest BCUT2D eigenvalue weighted by Gasteiger charge is 2.24. The number of carbonyl (C=O) groups excluding carboxylic acids is 1. The minimum atomic E-state index is -0.373. The molecule has 6 nitrogen and oxygen atoms in total. The van der Waals surface area contributed by atoms with Gasteiger partial charge in [-0.1, -0.05) is 0 Å². The lowest BCUT2D eigenvalue weighted by Gasteiger charge is -2.36. The fraction of sp³-hybridized carbons (Fsp3) is 0.444. The van der Waals surface area contributed by atoms with Crippen LogP contribution in [0.15, 0.2) is 30.6 Å². The molecule has 25 heavy (non-hydrogen) atoms. The van der Waals surface area contributed by atoms with Gasteiger partial charge in [0.2, 0.25) is 0 Å². The number of anilines is 1. The van der Waals surface area contributed by atoms with E-state index in [1.54, 1.807) is 29.2 Å². The van der Waals surface area contributed by atoms with Crippen molar-refractivity contribution in [3.05, 3.63) is 42.0 Å². The number of hydrogen-bond acceptors (Lipinski definition) is 4. The van der Waals surface area contributed by atoms with Gasteiger partial charge in [0.15, 0.2) is 11.6 Å². The van der Waals surface area contributed by atoms with Crippen LogP contribution in [-0.4, -0.2) is 53.9 Å². The molecule has 1 saturated heterocycles. The van der Waals surface area contributed by atoms with Crippen LogP contribution in [0.3, 0.4) is 0 Å². The molecule has 0 atom stereocenters. The fourth-order valence-electron chi connectivity index (χ4n) is 2.93. The lowest BCUT2D eigenvalue weighted by Crippen LogP contribution is -2.48. The lowest BCUT2D eigenvalue weighted by atomic mass is 10.2. The number of carbonyl (C=O) groups is 1. The molecule has 1 aromatic heterocycles. The lowest BCUT2D eigenvalue weighted by molar-refractivity contribution is 0.0746. The van der Waals surface area contributed by atoms with E-state index in [0.717, 1.165) is 5.69 Å². The number of amides is 1. The van der Waals surface area contributed by atoms with E-state index < -0.39 is 0 Å². The van der Waals surface area contributed by atoms with E-state index in [4.69, 9.17) is 4.74 Å². The maximum Gasteiger partial charge on any atom is 0.257 e. The number of piperazine rings is 1. The maximum atomic E-state index is 13.5. The van der Waals surface area contributed by atoms with Crippen LogP contribution in [0.25, 0.3) is 0 Å². The Morgan fingerprint density at radius 1 is 1.24 bits per heavy atom. The van der Waals surface area contributed by atoms with Crippen LogP contribution in [-0.2, 0) is 0 Å². The van der Waals surface area contributed by atoms with Gasteiger partial charge in [0.05, 0.1) is 18.9 Å². The predicted octanol–water partition coefficient (Wildman–Crippen LogP) is 2.57. The first-order valence-corrected chi connectivity index (χ1v) is 8.41. The number of methoxy groups -OCH3 is 1. The van der Waals surface area contributed by atoms with Gasteiger partial charge < -0.3 is 14.5 Å². The molecular formula is C18H23FN4O2. The normalized spacial score (nSPS) is 14.9. The first-order valence-electron chi connectivity index (χ1n) is 8.41. The Hall–Kier alpha value is -2.57. The van der Waals surface area contributed by atoms with Gasteiger partial charge in [-0.25, -0.2) is 4.39 Å². The number of aromatic nitrogens is 2. The molecule has 0 unspecified atom stereocenters. The van der Waals surface area contributed by atoms with E-state index in [0.29, 0.717) is 31.7 Å². The summed E-state index contributed by atoms with van der Waals surface area (Å²) in [5.74, 6) is -0.137. The van der Waals surface area contributed by atoms with Gasteiger partial charge in [-0.05, 0) is 26.0 Å². The summed E-state index contributed by atoms with van der Waals surface area (Å²) in [6.45, 7) is 6.67. The van der Waals surface area contributed by atoms with Gasteiger partial charge in [-0.15, -0.1) is 0 Å². The molecular weight excluding hydrogens is 323 g/mol. The van der Waals surface area contributed by atoms with Crippen LogP contribution >= 0.6 is 0 Å². The van der Waals surface area contributed by atoms with Gasteiger partial charge in [0.1, 0.15) is 0 Å². The first-order chi connectivity index (χ1) is 12.0. The zero-order valence-corrected chi connectivity index (χ0v) is 14.8. The Kier molecular flexibility index (Phi) is 4.92. The molecule has 0 spiro atoms. The molecule has 1 aromatic carbocycles. The Morgan fingerprint density at radius 2 is 1.96 bits per heavy atom. The minimum absolute atomic E-state index is 0.00300. The summed E-state index contributed by atoms with van der Waals surface area (Å²) in [7, 11) is 1.45. The zero-order valence-electron chi connectivity index (χ0n) is 14.8. The largest absolute Gasteiger partial charge is 0.494 e. The minimum Gasteiger partial charge on any atom is -0.494 e. The highest BCUT2D eigenvalue weighted by atomic mass is 19.1. The summed E-state index contributed by atoms with van der Waals surface area (Å²) in [5.41, 5.74) is 1.52. The van der Waals surface area contributed by atoms with E-state index in [2.05, 4.69) is 10.00 Å². The third kappa shape index (κ3) is 3.60. The summed E-state index contributed by atoms with van der Waals surface area (Å²) >= 11 is 0. The number of ether oxygens (including phenoxy) is 1. The Balaban J connectivity index is 1.64. The summed E-state index contributed by atoms with van der Waals surface area (Å²) in [4.78, 5) is 16.6. The van der Waals surface area contributed by atoms with Gasteiger partial charge in [0, 0.05) is 50.2 Å². The molecule has 1 aliphatic heterocycles. The predicted molar refractivity (Wildman–Crippen MR) is 93.7 cm³/mol. The van der Waals surface area contributed by atoms with E-state index in [-0.39, 0.29) is 23.5 Å². The number of hydrogen-bond donors (Lipinski definition) is 0. The van der Waals surface area contributed by atoms with Crippen LogP contribution < -0.4 is 9.64 Å². The number of nitrogens with zero attached hydrogens (tertiary/aromatic N) is 4. The first kappa shape index (κ1) is 17.3. The standard InChI is InChI=1S/C18H23FN4O2/c1-13(2)23-12-14(11-20-23)18(24)22-8-6-21(7-9-22)15-4-5-16(19)17(10-15)25-3/h4-5,10-13H,6-9H2,1-3H3. The van der Waals surface area contributed by atoms with Crippen LogP contribution in [0.5, 0.6) is 5.75 Å². The summed E-state index contributed by atoms with van der Waals surface area (Å²) in [6, 6.07) is 5.07. The molecule has 3 rings (SSSR count). The van der Waals surface area contributed by atoms with Crippen LogP contribution in [0, 0.1) is 5.82 Å². The zero-order chi connectivity index (χ0) is 18.0. The summed E-state index contributed by atoms with van der Waals surface area (Å²) in [6.07, 6.45) is 3.42. The average Bonchev–Trinajstić information content (AvgIpc) is 3.12. The Labute approximate surface area is 146 Å². The van der Waals surface area contributed by atoms with E-state index >= 15 is 0 Å². The quantitative estimate of drug-likeness (QED) is 0.854. The van der Waals surface area contributed by atoms with Crippen molar-refractivity contribution in [2.75, 3.05) is 38.2 Å². The average molecular weight is 346 g/mol. The summed E-state index contributed by atoms with van der Waals surface area (Å²) < 4.78 is 20.4. The fourth-order valence-corrected chi connectivity index (χ4v) is 2.93. The van der Waals surface area contributed by atoms with Crippen LogP contribution in [0.4, 0.5) is 10.1 Å². The molecule has 0 saturated carbocycles. The topological polar surface area (TPSA) is 50.6 Å². The second kappa shape index (κ2) is 7.13. The van der Waals surface area contributed by atoms with Crippen molar-refractivity contribution in [3.8, 4) is 5.75 Å². The maximum absolute atomic E-state index is 13.5. The van der Waals surface area contributed by atoms with Crippen LogP contribution in [0.1, 0.15) is 30.2 Å². The monoisotopic (exact) mass is 346 g/mol. The molecule has 0 bridgehead atoms. The van der Waals surface area contributed by atoms with Gasteiger partial charge in [-0.2, -0.15) is 5.10 Å². The number of rotatable bonds is 4. The van der Waals surface area contributed by atoms with Gasteiger partial charge in [-0.3, -0.25) is 9.48 Å². The van der Waals surface area contributed by atoms with Crippen molar-refractivity contribution < 1.29 is 13.9 Å². The molecule has 0 radical (unpaired) electrons. The molecule has 1 amide bonds. The van der Waals surface area contributed by atoms with Gasteiger partial charge in [0.25, 0.3) is 5.91 Å².